The molecular formula is C14H13FN2O5S. The topological polar surface area (TPSA) is 98.5 Å². The number of nitrogens with one attached hydrogen (secondary N) is 1. The average molecular weight is 340 g/mol. The van der Waals surface area contributed by atoms with Crippen molar-refractivity contribution in [2.24, 2.45) is 0 Å². The Morgan fingerprint density at radius 3 is 2.57 bits per heavy atom. The molecule has 0 heterocycles. The summed E-state index contributed by atoms with van der Waals surface area (Å²) in [5.74, 6) is -0.413. The Kier molecular flexibility index (Phi) is 4.92. The van der Waals surface area contributed by atoms with Crippen LogP contribution >= 0.6 is 0 Å². The lowest BCUT2D eigenvalue weighted by atomic mass is 10.2. The van der Waals surface area contributed by atoms with Gasteiger partial charge in [0.25, 0.3) is 5.69 Å². The summed E-state index contributed by atoms with van der Waals surface area (Å²) in [5, 5.41) is 11.1. The summed E-state index contributed by atoms with van der Waals surface area (Å²) in [5.41, 5.74) is -0.488. The molecule has 2 rings (SSSR count). The maximum atomic E-state index is 13.5. The lowest BCUT2D eigenvalue weighted by Crippen LogP contribution is -2.24. The lowest BCUT2D eigenvalue weighted by Gasteiger charge is -2.09. The summed E-state index contributed by atoms with van der Waals surface area (Å²) in [7, 11) is -2.88. The van der Waals surface area contributed by atoms with Gasteiger partial charge in [-0.2, -0.15) is 0 Å². The first-order valence-electron chi connectivity index (χ1n) is 6.40. The number of nitro benzene ring substituents is 1. The quantitative estimate of drug-likeness (QED) is 0.642. The van der Waals surface area contributed by atoms with Gasteiger partial charge in [0.15, 0.2) is 4.90 Å². The van der Waals surface area contributed by atoms with Crippen molar-refractivity contribution >= 4 is 15.7 Å². The van der Waals surface area contributed by atoms with Crippen molar-refractivity contribution in [3.63, 3.8) is 0 Å². The van der Waals surface area contributed by atoms with E-state index in [1.54, 1.807) is 6.07 Å². The molecule has 0 saturated heterocycles. The molecular weight excluding hydrogens is 327 g/mol. The first-order valence-corrected chi connectivity index (χ1v) is 7.89. The van der Waals surface area contributed by atoms with Crippen LogP contribution in [0.15, 0.2) is 47.4 Å². The molecule has 0 atom stereocenters. The fourth-order valence-electron chi connectivity index (χ4n) is 1.89. The van der Waals surface area contributed by atoms with Gasteiger partial charge in [0, 0.05) is 12.1 Å². The van der Waals surface area contributed by atoms with E-state index in [0.717, 1.165) is 12.1 Å². The number of hydrogen-bond donors (Lipinski definition) is 1. The molecule has 0 aliphatic heterocycles. The molecule has 2 aromatic carbocycles. The van der Waals surface area contributed by atoms with Crippen LogP contribution < -0.4 is 9.46 Å². The molecule has 0 fully saturated rings. The van der Waals surface area contributed by atoms with Crippen LogP contribution in [0.2, 0.25) is 0 Å². The van der Waals surface area contributed by atoms with Crippen LogP contribution in [0.5, 0.6) is 5.75 Å². The van der Waals surface area contributed by atoms with Crippen LogP contribution in [0.4, 0.5) is 10.1 Å². The van der Waals surface area contributed by atoms with Gasteiger partial charge < -0.3 is 4.74 Å². The number of nitro groups is 1. The number of sulfonamides is 1. The highest BCUT2D eigenvalue weighted by Gasteiger charge is 2.26. The van der Waals surface area contributed by atoms with Gasteiger partial charge in [0.1, 0.15) is 11.6 Å². The van der Waals surface area contributed by atoms with Crippen LogP contribution in [0.25, 0.3) is 0 Å². The normalized spacial score (nSPS) is 11.2. The van der Waals surface area contributed by atoms with E-state index in [9.17, 15) is 22.9 Å². The Hall–Kier alpha value is -2.52. The molecule has 23 heavy (non-hydrogen) atoms. The fourth-order valence-corrected chi connectivity index (χ4v) is 3.04. The zero-order chi connectivity index (χ0) is 17.0. The summed E-state index contributed by atoms with van der Waals surface area (Å²) < 4.78 is 45.0. The molecule has 1 N–H and O–H groups in total. The average Bonchev–Trinajstić information content (AvgIpc) is 2.53. The van der Waals surface area contributed by atoms with Crippen molar-refractivity contribution in [2.45, 2.75) is 11.4 Å². The molecule has 0 aromatic heterocycles. The van der Waals surface area contributed by atoms with Crippen LogP contribution in [0.1, 0.15) is 5.56 Å². The third-order valence-electron chi connectivity index (χ3n) is 3.06. The van der Waals surface area contributed by atoms with Crippen LogP contribution in [0, 0.1) is 15.9 Å². The fraction of sp³-hybridized carbons (Fsp3) is 0.143. The number of halogens is 1. The summed E-state index contributed by atoms with van der Waals surface area (Å²) in [6.45, 7) is -0.321. The third kappa shape index (κ3) is 3.82. The SMILES string of the molecule is COc1ccc(S(=O)(=O)NCc2ccccc2F)c([N+](=O)[O-])c1. The van der Waals surface area contributed by atoms with Gasteiger partial charge in [-0.05, 0) is 18.2 Å². The van der Waals surface area contributed by atoms with Crippen molar-refractivity contribution in [1.82, 2.24) is 4.72 Å². The number of methoxy groups -OCH3 is 1. The lowest BCUT2D eigenvalue weighted by molar-refractivity contribution is -0.387. The molecule has 0 bridgehead atoms. The number of rotatable bonds is 6. The molecule has 0 amide bonds. The Bertz CT molecular complexity index is 839. The Morgan fingerprint density at radius 1 is 1.26 bits per heavy atom. The van der Waals surface area contributed by atoms with Gasteiger partial charge in [0.2, 0.25) is 10.0 Å². The van der Waals surface area contributed by atoms with Crippen molar-refractivity contribution in [1.29, 1.82) is 0 Å². The van der Waals surface area contributed by atoms with Gasteiger partial charge in [-0.15, -0.1) is 0 Å². The van der Waals surface area contributed by atoms with E-state index < -0.39 is 31.3 Å². The van der Waals surface area contributed by atoms with Gasteiger partial charge in [0.05, 0.1) is 18.1 Å². The van der Waals surface area contributed by atoms with Crippen molar-refractivity contribution in [3.05, 3.63) is 64.0 Å². The number of ether oxygens (including phenoxy) is 1. The Labute approximate surface area is 131 Å². The van der Waals surface area contributed by atoms with Crippen molar-refractivity contribution < 1.29 is 22.5 Å². The zero-order valence-corrected chi connectivity index (χ0v) is 12.8. The summed E-state index contributed by atoms with van der Waals surface area (Å²) in [4.78, 5) is 9.73. The maximum Gasteiger partial charge on any atom is 0.293 e. The van der Waals surface area contributed by atoms with Crippen LogP contribution in [-0.2, 0) is 16.6 Å². The smallest absolute Gasteiger partial charge is 0.293 e. The molecule has 0 unspecified atom stereocenters. The molecule has 0 aliphatic rings. The van der Waals surface area contributed by atoms with Crippen LogP contribution in [0.3, 0.4) is 0 Å². The van der Waals surface area contributed by atoms with Gasteiger partial charge >= 0.3 is 0 Å². The minimum absolute atomic E-state index is 0.132. The number of hydrogen-bond acceptors (Lipinski definition) is 5. The second kappa shape index (κ2) is 6.71. The van der Waals surface area contributed by atoms with Gasteiger partial charge in [-0.25, -0.2) is 17.5 Å². The monoisotopic (exact) mass is 340 g/mol. The first-order chi connectivity index (χ1) is 10.8. The van der Waals surface area contributed by atoms with E-state index in [4.69, 9.17) is 4.74 Å². The van der Waals surface area contributed by atoms with Crippen molar-refractivity contribution in [3.8, 4) is 5.75 Å². The van der Waals surface area contributed by atoms with Crippen molar-refractivity contribution in [2.75, 3.05) is 7.11 Å². The number of benzene rings is 2. The molecule has 0 spiro atoms. The highest BCUT2D eigenvalue weighted by atomic mass is 32.2. The maximum absolute atomic E-state index is 13.5. The van der Waals surface area contributed by atoms with E-state index in [1.807, 2.05) is 0 Å². The summed E-state index contributed by atoms with van der Waals surface area (Å²) in [6.07, 6.45) is 0. The largest absolute Gasteiger partial charge is 0.497 e. The summed E-state index contributed by atoms with van der Waals surface area (Å²) in [6, 6.07) is 9.02. The van der Waals surface area contributed by atoms with Crippen LogP contribution in [-0.4, -0.2) is 20.5 Å². The highest BCUT2D eigenvalue weighted by molar-refractivity contribution is 7.89. The molecule has 0 saturated carbocycles. The van der Waals surface area contributed by atoms with E-state index in [1.165, 1.54) is 31.4 Å². The Balaban J connectivity index is 2.33. The zero-order valence-electron chi connectivity index (χ0n) is 12.0. The standard InChI is InChI=1S/C14H13FN2O5S/c1-22-11-6-7-14(13(8-11)17(18)19)23(20,21)16-9-10-4-2-3-5-12(10)15/h2-8,16H,9H2,1H3. The Morgan fingerprint density at radius 2 is 1.96 bits per heavy atom. The molecule has 2 aromatic rings. The third-order valence-corrected chi connectivity index (χ3v) is 4.51. The van der Waals surface area contributed by atoms with E-state index in [-0.39, 0.29) is 17.9 Å². The number of nitrogens with zero attached hydrogens (tertiary/aromatic N) is 1. The summed E-state index contributed by atoms with van der Waals surface area (Å²) >= 11 is 0. The molecule has 7 nitrogen and oxygen atoms in total. The molecule has 122 valence electrons. The second-order valence-corrected chi connectivity index (χ2v) is 6.24. The first kappa shape index (κ1) is 16.8. The minimum Gasteiger partial charge on any atom is -0.497 e. The van der Waals surface area contributed by atoms with Gasteiger partial charge in [-0.3, -0.25) is 10.1 Å². The second-order valence-electron chi connectivity index (χ2n) is 4.51. The minimum atomic E-state index is -4.19. The molecule has 0 radical (unpaired) electrons. The van der Waals surface area contributed by atoms with E-state index >= 15 is 0 Å². The van der Waals surface area contributed by atoms with E-state index in [2.05, 4.69) is 4.72 Å². The highest BCUT2D eigenvalue weighted by Crippen LogP contribution is 2.28. The predicted octanol–water partition coefficient (Wildman–Crippen LogP) is 2.22. The van der Waals surface area contributed by atoms with E-state index in [0.29, 0.717) is 0 Å². The molecule has 0 aliphatic carbocycles. The molecule has 9 heteroatoms. The predicted molar refractivity (Wildman–Crippen MR) is 80.1 cm³/mol. The van der Waals surface area contributed by atoms with Gasteiger partial charge in [-0.1, -0.05) is 18.2 Å².